The Labute approximate surface area is 111 Å². The molecule has 2 heterocycles. The van der Waals surface area contributed by atoms with Crippen LogP contribution in [0.5, 0.6) is 0 Å². The molecule has 0 bridgehead atoms. The summed E-state index contributed by atoms with van der Waals surface area (Å²) >= 11 is 0. The zero-order valence-electron chi connectivity index (χ0n) is 10.8. The Kier molecular flexibility index (Phi) is 4.02. The van der Waals surface area contributed by atoms with E-state index >= 15 is 0 Å². The highest BCUT2D eigenvalue weighted by Gasteiger charge is 2.07. The van der Waals surface area contributed by atoms with Gasteiger partial charge in [-0.3, -0.25) is 10.3 Å². The summed E-state index contributed by atoms with van der Waals surface area (Å²) in [4.78, 5) is 23.9. The molecule has 2 aromatic rings. The van der Waals surface area contributed by atoms with Crippen molar-refractivity contribution in [3.8, 4) is 11.3 Å². The molecule has 0 unspecified atom stereocenters. The van der Waals surface area contributed by atoms with Crippen LogP contribution >= 0.6 is 0 Å². The first-order chi connectivity index (χ1) is 9.20. The number of urea groups is 1. The first-order valence-electron chi connectivity index (χ1n) is 6.00. The van der Waals surface area contributed by atoms with Gasteiger partial charge in [-0.05, 0) is 32.0 Å². The monoisotopic (exact) mass is 257 g/mol. The number of anilines is 1. The van der Waals surface area contributed by atoms with E-state index in [1.807, 2.05) is 26.0 Å². The molecule has 98 valence electrons. The summed E-state index contributed by atoms with van der Waals surface area (Å²) in [5.74, 6) is 0.270. The fourth-order valence-corrected chi connectivity index (χ4v) is 1.63. The smallest absolute Gasteiger partial charge is 0.321 e. The van der Waals surface area contributed by atoms with Crippen molar-refractivity contribution >= 4 is 12.0 Å². The number of carbonyl (C=O) groups excluding carboxylic acids is 1. The number of nitrogens with one attached hydrogen (secondary N) is 2. The standard InChI is InChI=1S/C13H15N5O/c1-3-14-13(19)18-12-16-8-6-11(17-12)10-5-4-7-15-9(10)2/h4-8H,3H2,1-2H3,(H2,14,16,17,18,19). The molecule has 0 atom stereocenters. The number of pyridine rings is 1. The second-order valence-electron chi connectivity index (χ2n) is 3.89. The van der Waals surface area contributed by atoms with E-state index in [0.29, 0.717) is 6.54 Å². The van der Waals surface area contributed by atoms with Gasteiger partial charge in [-0.1, -0.05) is 0 Å². The Morgan fingerprint density at radius 2 is 2.11 bits per heavy atom. The highest BCUT2D eigenvalue weighted by atomic mass is 16.2. The minimum Gasteiger partial charge on any atom is -0.338 e. The van der Waals surface area contributed by atoms with Crippen molar-refractivity contribution in [1.29, 1.82) is 0 Å². The minimum atomic E-state index is -0.317. The van der Waals surface area contributed by atoms with Crippen molar-refractivity contribution in [2.45, 2.75) is 13.8 Å². The van der Waals surface area contributed by atoms with E-state index in [9.17, 15) is 4.79 Å². The fraction of sp³-hybridized carbons (Fsp3) is 0.231. The normalized spacial score (nSPS) is 10.0. The average Bonchev–Trinajstić information content (AvgIpc) is 2.40. The Balaban J connectivity index is 2.25. The highest BCUT2D eigenvalue weighted by Crippen LogP contribution is 2.19. The number of amides is 2. The Bertz CT molecular complexity index is 585. The first kappa shape index (κ1) is 12.9. The molecule has 19 heavy (non-hydrogen) atoms. The third-order valence-corrected chi connectivity index (χ3v) is 2.50. The fourth-order valence-electron chi connectivity index (χ4n) is 1.63. The van der Waals surface area contributed by atoms with E-state index in [1.165, 1.54) is 0 Å². The van der Waals surface area contributed by atoms with E-state index in [2.05, 4.69) is 25.6 Å². The number of hydrogen-bond acceptors (Lipinski definition) is 4. The van der Waals surface area contributed by atoms with Crippen LogP contribution < -0.4 is 10.6 Å². The van der Waals surface area contributed by atoms with Gasteiger partial charge in [-0.25, -0.2) is 14.8 Å². The van der Waals surface area contributed by atoms with Crippen LogP contribution in [0, 0.1) is 6.92 Å². The van der Waals surface area contributed by atoms with Crippen LogP contribution in [0.1, 0.15) is 12.6 Å². The summed E-state index contributed by atoms with van der Waals surface area (Å²) in [6.07, 6.45) is 3.34. The molecule has 0 saturated heterocycles. The third kappa shape index (κ3) is 3.25. The maximum Gasteiger partial charge on any atom is 0.321 e. The number of rotatable bonds is 3. The van der Waals surface area contributed by atoms with E-state index in [4.69, 9.17) is 0 Å². The highest BCUT2D eigenvalue weighted by molar-refractivity contribution is 5.87. The van der Waals surface area contributed by atoms with Gasteiger partial charge in [-0.2, -0.15) is 0 Å². The molecule has 6 nitrogen and oxygen atoms in total. The Morgan fingerprint density at radius 3 is 2.84 bits per heavy atom. The number of hydrogen-bond donors (Lipinski definition) is 2. The lowest BCUT2D eigenvalue weighted by atomic mass is 10.1. The van der Waals surface area contributed by atoms with Crippen molar-refractivity contribution < 1.29 is 4.79 Å². The summed E-state index contributed by atoms with van der Waals surface area (Å²) < 4.78 is 0. The van der Waals surface area contributed by atoms with E-state index in [0.717, 1.165) is 17.0 Å². The molecule has 2 aromatic heterocycles. The predicted octanol–water partition coefficient (Wildman–Crippen LogP) is 1.99. The van der Waals surface area contributed by atoms with Gasteiger partial charge in [0.2, 0.25) is 5.95 Å². The van der Waals surface area contributed by atoms with Crippen molar-refractivity contribution in [2.75, 3.05) is 11.9 Å². The predicted molar refractivity (Wildman–Crippen MR) is 72.7 cm³/mol. The zero-order chi connectivity index (χ0) is 13.7. The van der Waals surface area contributed by atoms with Crippen LogP contribution in [0.3, 0.4) is 0 Å². The van der Waals surface area contributed by atoms with Crippen molar-refractivity contribution in [1.82, 2.24) is 20.3 Å². The van der Waals surface area contributed by atoms with Gasteiger partial charge in [-0.15, -0.1) is 0 Å². The quantitative estimate of drug-likeness (QED) is 0.881. The SMILES string of the molecule is CCNC(=O)Nc1nccc(-c2cccnc2C)n1. The van der Waals surface area contributed by atoms with Gasteiger partial charge >= 0.3 is 6.03 Å². The van der Waals surface area contributed by atoms with Crippen molar-refractivity contribution in [2.24, 2.45) is 0 Å². The molecular formula is C13H15N5O. The molecule has 0 aliphatic rings. The number of aryl methyl sites for hydroxylation is 1. The molecule has 0 spiro atoms. The van der Waals surface area contributed by atoms with Gasteiger partial charge in [0.05, 0.1) is 5.69 Å². The summed E-state index contributed by atoms with van der Waals surface area (Å²) in [5, 5.41) is 5.20. The Hall–Kier alpha value is -2.50. The lowest BCUT2D eigenvalue weighted by Crippen LogP contribution is -2.29. The average molecular weight is 257 g/mol. The van der Waals surface area contributed by atoms with Gasteiger partial charge in [0.1, 0.15) is 0 Å². The zero-order valence-corrected chi connectivity index (χ0v) is 10.8. The van der Waals surface area contributed by atoms with E-state index in [1.54, 1.807) is 18.5 Å². The van der Waals surface area contributed by atoms with Gasteiger partial charge in [0.15, 0.2) is 0 Å². The molecule has 6 heteroatoms. The van der Waals surface area contributed by atoms with Crippen molar-refractivity contribution in [3.05, 3.63) is 36.3 Å². The van der Waals surface area contributed by atoms with Crippen LogP contribution in [0.15, 0.2) is 30.6 Å². The van der Waals surface area contributed by atoms with E-state index < -0.39 is 0 Å². The molecule has 0 fully saturated rings. The molecular weight excluding hydrogens is 242 g/mol. The van der Waals surface area contributed by atoms with Gasteiger partial charge in [0.25, 0.3) is 0 Å². The van der Waals surface area contributed by atoms with Crippen LogP contribution in [-0.2, 0) is 0 Å². The molecule has 2 amide bonds. The summed E-state index contributed by atoms with van der Waals surface area (Å²) in [5.41, 5.74) is 2.53. The number of carbonyl (C=O) groups is 1. The van der Waals surface area contributed by atoms with Crippen molar-refractivity contribution in [3.63, 3.8) is 0 Å². The molecule has 2 rings (SSSR count). The maximum atomic E-state index is 11.4. The maximum absolute atomic E-state index is 11.4. The number of aromatic nitrogens is 3. The molecule has 2 N–H and O–H groups in total. The Morgan fingerprint density at radius 1 is 1.26 bits per heavy atom. The minimum absolute atomic E-state index is 0.270. The lowest BCUT2D eigenvalue weighted by molar-refractivity contribution is 0.252. The topological polar surface area (TPSA) is 79.8 Å². The molecule has 0 aliphatic heterocycles. The van der Waals surface area contributed by atoms with Gasteiger partial charge < -0.3 is 5.32 Å². The van der Waals surface area contributed by atoms with Crippen LogP contribution in [-0.4, -0.2) is 27.5 Å². The summed E-state index contributed by atoms with van der Waals surface area (Å²) in [7, 11) is 0. The molecule has 0 aromatic carbocycles. The third-order valence-electron chi connectivity index (χ3n) is 2.50. The molecule has 0 radical (unpaired) electrons. The first-order valence-corrected chi connectivity index (χ1v) is 6.00. The summed E-state index contributed by atoms with van der Waals surface area (Å²) in [6, 6.07) is 5.25. The number of nitrogens with zero attached hydrogens (tertiary/aromatic N) is 3. The lowest BCUT2D eigenvalue weighted by Gasteiger charge is -2.07. The largest absolute Gasteiger partial charge is 0.338 e. The second-order valence-corrected chi connectivity index (χ2v) is 3.89. The second kappa shape index (κ2) is 5.90. The van der Waals surface area contributed by atoms with Gasteiger partial charge in [0, 0.05) is 30.2 Å². The van der Waals surface area contributed by atoms with E-state index in [-0.39, 0.29) is 12.0 Å². The molecule has 0 saturated carbocycles. The molecule has 0 aliphatic carbocycles. The van der Waals surface area contributed by atoms with Crippen LogP contribution in [0.25, 0.3) is 11.3 Å². The van der Waals surface area contributed by atoms with Crippen LogP contribution in [0.2, 0.25) is 0 Å². The summed E-state index contributed by atoms with van der Waals surface area (Å²) in [6.45, 7) is 4.30. The van der Waals surface area contributed by atoms with Crippen LogP contribution in [0.4, 0.5) is 10.7 Å².